The quantitative estimate of drug-likeness (QED) is 0.598. The summed E-state index contributed by atoms with van der Waals surface area (Å²) in [7, 11) is 0. The second-order valence-corrected chi connectivity index (χ2v) is 2.63. The summed E-state index contributed by atoms with van der Waals surface area (Å²) < 4.78 is 4.37. The van der Waals surface area contributed by atoms with Gasteiger partial charge in [-0.25, -0.2) is 4.79 Å². The monoisotopic (exact) mass is 257 g/mol. The number of rotatable bonds is 3. The molecule has 0 aliphatic rings. The van der Waals surface area contributed by atoms with Crippen LogP contribution >= 0.6 is 22.6 Å². The Hall–Kier alpha value is -0.330. The van der Waals surface area contributed by atoms with Crippen LogP contribution in [0.3, 0.4) is 0 Å². The Kier molecular flexibility index (Phi) is 5.27. The van der Waals surface area contributed by atoms with Crippen molar-refractivity contribution in [1.82, 2.24) is 5.32 Å². The fourth-order valence-corrected chi connectivity index (χ4v) is 0.514. The van der Waals surface area contributed by atoms with Crippen molar-refractivity contribution in [2.75, 3.05) is 13.2 Å². The van der Waals surface area contributed by atoms with Crippen molar-refractivity contribution in [3.05, 3.63) is 0 Å². The lowest BCUT2D eigenvalue weighted by Gasteiger charge is -2.00. The molecule has 0 saturated heterocycles. The summed E-state index contributed by atoms with van der Waals surface area (Å²) in [6.07, 6.45) is -0.549. The van der Waals surface area contributed by atoms with E-state index >= 15 is 0 Å². The Morgan fingerprint density at radius 1 is 1.60 bits per heavy atom. The summed E-state index contributed by atoms with van der Waals surface area (Å²) in [6.45, 7) is 2.05. The fraction of sp³-hybridized carbons (Fsp3) is 0.600. The molecular formula is C5H8INO3. The number of amides is 1. The van der Waals surface area contributed by atoms with Crippen molar-refractivity contribution < 1.29 is 14.3 Å². The second kappa shape index (κ2) is 5.45. The van der Waals surface area contributed by atoms with Crippen molar-refractivity contribution in [2.45, 2.75) is 6.92 Å². The van der Waals surface area contributed by atoms with Crippen LogP contribution in [0.15, 0.2) is 0 Å². The Labute approximate surface area is 72.4 Å². The van der Waals surface area contributed by atoms with Gasteiger partial charge in [0.05, 0.1) is 13.2 Å². The maximum atomic E-state index is 10.5. The van der Waals surface area contributed by atoms with E-state index in [0.29, 0.717) is 6.61 Å². The molecule has 0 fully saturated rings. The SMILES string of the molecule is CCOC(=O)NCC(=O)I. The molecule has 4 nitrogen and oxygen atoms in total. The van der Waals surface area contributed by atoms with Crippen molar-refractivity contribution in [1.29, 1.82) is 0 Å². The highest BCUT2D eigenvalue weighted by Gasteiger charge is 2.00. The van der Waals surface area contributed by atoms with Gasteiger partial charge in [0.1, 0.15) is 0 Å². The number of nitrogens with one attached hydrogen (secondary N) is 1. The van der Waals surface area contributed by atoms with Gasteiger partial charge in [-0.1, -0.05) is 0 Å². The summed E-state index contributed by atoms with van der Waals surface area (Å²) in [5.74, 6) is 0. The topological polar surface area (TPSA) is 55.4 Å². The summed E-state index contributed by atoms with van der Waals surface area (Å²) in [6, 6.07) is 0. The van der Waals surface area contributed by atoms with Gasteiger partial charge in [0.15, 0.2) is 0 Å². The molecule has 1 amide bonds. The largest absolute Gasteiger partial charge is 0.450 e. The summed E-state index contributed by atoms with van der Waals surface area (Å²) in [5.41, 5.74) is 0. The van der Waals surface area contributed by atoms with Crippen LogP contribution in [0.25, 0.3) is 0 Å². The Morgan fingerprint density at radius 2 is 2.20 bits per heavy atom. The number of hydrogen-bond acceptors (Lipinski definition) is 3. The van der Waals surface area contributed by atoms with Gasteiger partial charge in [0.2, 0.25) is 3.79 Å². The van der Waals surface area contributed by atoms with Crippen LogP contribution in [0.5, 0.6) is 0 Å². The van der Waals surface area contributed by atoms with Gasteiger partial charge in [-0.3, -0.25) is 4.79 Å². The summed E-state index contributed by atoms with van der Waals surface area (Å²) in [4.78, 5) is 20.7. The van der Waals surface area contributed by atoms with Gasteiger partial charge in [-0.05, 0) is 6.92 Å². The smallest absolute Gasteiger partial charge is 0.407 e. The molecule has 10 heavy (non-hydrogen) atoms. The maximum Gasteiger partial charge on any atom is 0.407 e. The van der Waals surface area contributed by atoms with Crippen LogP contribution in [0, 0.1) is 0 Å². The van der Waals surface area contributed by atoms with E-state index in [2.05, 4.69) is 10.1 Å². The van der Waals surface area contributed by atoms with Gasteiger partial charge >= 0.3 is 6.09 Å². The molecule has 0 atom stereocenters. The summed E-state index contributed by atoms with van der Waals surface area (Å²) in [5, 5.41) is 2.26. The fourth-order valence-electron chi connectivity index (χ4n) is 0.324. The third kappa shape index (κ3) is 5.80. The van der Waals surface area contributed by atoms with E-state index in [4.69, 9.17) is 0 Å². The van der Waals surface area contributed by atoms with Crippen LogP contribution in [-0.2, 0) is 9.53 Å². The van der Waals surface area contributed by atoms with Crippen molar-refractivity contribution in [2.24, 2.45) is 0 Å². The van der Waals surface area contributed by atoms with Crippen molar-refractivity contribution >= 4 is 32.5 Å². The Bertz CT molecular complexity index is 137. The lowest BCUT2D eigenvalue weighted by Crippen LogP contribution is -2.27. The molecule has 0 aromatic rings. The van der Waals surface area contributed by atoms with Crippen LogP contribution < -0.4 is 5.32 Å². The Balaban J connectivity index is 3.30. The van der Waals surface area contributed by atoms with E-state index < -0.39 is 6.09 Å². The molecule has 0 aromatic carbocycles. The van der Waals surface area contributed by atoms with Crippen LogP contribution in [0.1, 0.15) is 6.92 Å². The number of hydrogen-bond donors (Lipinski definition) is 1. The predicted octanol–water partition coefficient (Wildman–Crippen LogP) is 0.694. The lowest BCUT2D eigenvalue weighted by atomic mass is 10.7. The molecule has 0 rings (SSSR count). The summed E-state index contributed by atoms with van der Waals surface area (Å²) >= 11 is 1.60. The van der Waals surface area contributed by atoms with Gasteiger partial charge in [0, 0.05) is 22.6 Å². The molecule has 0 aliphatic carbocycles. The minimum Gasteiger partial charge on any atom is -0.450 e. The zero-order valence-corrected chi connectivity index (χ0v) is 7.67. The molecule has 0 heterocycles. The number of halogens is 1. The predicted molar refractivity (Wildman–Crippen MR) is 44.1 cm³/mol. The highest BCUT2D eigenvalue weighted by molar-refractivity contribution is 14.1. The maximum absolute atomic E-state index is 10.5. The van der Waals surface area contributed by atoms with Gasteiger partial charge in [0.25, 0.3) is 0 Å². The normalized spacial score (nSPS) is 8.60. The first-order valence-electron chi connectivity index (χ1n) is 2.75. The molecule has 0 saturated carbocycles. The van der Waals surface area contributed by atoms with Crippen LogP contribution in [0.4, 0.5) is 4.79 Å². The Morgan fingerprint density at radius 3 is 2.60 bits per heavy atom. The lowest BCUT2D eigenvalue weighted by molar-refractivity contribution is -0.108. The minimum absolute atomic E-state index is 0.0272. The van der Waals surface area contributed by atoms with Crippen molar-refractivity contribution in [3.8, 4) is 0 Å². The van der Waals surface area contributed by atoms with Crippen LogP contribution in [-0.4, -0.2) is 23.0 Å². The van der Waals surface area contributed by atoms with Gasteiger partial charge in [-0.2, -0.15) is 0 Å². The zero-order chi connectivity index (χ0) is 7.98. The highest BCUT2D eigenvalue weighted by atomic mass is 127. The first-order valence-corrected chi connectivity index (χ1v) is 3.83. The molecule has 0 aliphatic heterocycles. The van der Waals surface area contributed by atoms with Gasteiger partial charge < -0.3 is 10.1 Å². The molecule has 0 radical (unpaired) electrons. The third-order valence-electron chi connectivity index (χ3n) is 0.647. The van der Waals surface area contributed by atoms with E-state index in [1.165, 1.54) is 0 Å². The molecular weight excluding hydrogens is 249 g/mol. The molecule has 1 N–H and O–H groups in total. The zero-order valence-electron chi connectivity index (χ0n) is 5.52. The molecule has 58 valence electrons. The average Bonchev–Trinajstić information content (AvgIpc) is 1.85. The highest BCUT2D eigenvalue weighted by Crippen LogP contribution is 1.82. The van der Waals surface area contributed by atoms with E-state index in [1.54, 1.807) is 29.5 Å². The number of carbonyl (C=O) groups is 2. The third-order valence-corrected chi connectivity index (χ3v) is 1.03. The molecule has 0 aromatic heterocycles. The number of alkyl carbamates (subject to hydrolysis) is 1. The minimum atomic E-state index is -0.549. The number of ether oxygens (including phenoxy) is 1. The number of carbonyl (C=O) groups excluding carboxylic acids is 2. The molecule has 0 bridgehead atoms. The van der Waals surface area contributed by atoms with Crippen molar-refractivity contribution in [3.63, 3.8) is 0 Å². The second-order valence-electron chi connectivity index (χ2n) is 1.43. The molecule has 0 spiro atoms. The van der Waals surface area contributed by atoms with E-state index in [-0.39, 0.29) is 10.3 Å². The first-order chi connectivity index (χ1) is 4.66. The standard InChI is InChI=1S/C5H8INO3/c1-2-10-5(9)7-3-4(6)8/h2-3H2,1H3,(H,7,9). The van der Waals surface area contributed by atoms with E-state index in [1.807, 2.05) is 0 Å². The van der Waals surface area contributed by atoms with E-state index in [9.17, 15) is 9.59 Å². The first kappa shape index (κ1) is 9.67. The van der Waals surface area contributed by atoms with Gasteiger partial charge in [-0.15, -0.1) is 0 Å². The van der Waals surface area contributed by atoms with Crippen LogP contribution in [0.2, 0.25) is 0 Å². The van der Waals surface area contributed by atoms with E-state index in [0.717, 1.165) is 0 Å². The molecule has 0 unspecified atom stereocenters. The average molecular weight is 257 g/mol. The molecule has 5 heteroatoms.